The minimum atomic E-state index is -0.756. The van der Waals surface area contributed by atoms with Gasteiger partial charge in [0.1, 0.15) is 11.6 Å². The van der Waals surface area contributed by atoms with Crippen LogP contribution in [-0.4, -0.2) is 17.5 Å². The molecule has 0 aromatic heterocycles. The highest BCUT2D eigenvalue weighted by molar-refractivity contribution is 9.10. The molecule has 0 aliphatic carbocycles. The molecule has 0 saturated carbocycles. The number of halogens is 1. The van der Waals surface area contributed by atoms with Crippen molar-refractivity contribution in [2.75, 3.05) is 6.61 Å². The number of esters is 1. The van der Waals surface area contributed by atoms with E-state index in [0.717, 1.165) is 0 Å². The van der Waals surface area contributed by atoms with Crippen molar-refractivity contribution >= 4 is 27.6 Å². The summed E-state index contributed by atoms with van der Waals surface area (Å²) in [7, 11) is 0. The Hall–Kier alpha value is -1.94. The van der Waals surface area contributed by atoms with Crippen molar-refractivity contribution in [2.45, 2.75) is 6.92 Å². The molecular weight excluding hydrogens is 292 g/mol. The van der Waals surface area contributed by atoms with Crippen LogP contribution in [0.2, 0.25) is 0 Å². The van der Waals surface area contributed by atoms with Crippen LogP contribution in [0.3, 0.4) is 0 Å². The number of nitro groups is 1. The van der Waals surface area contributed by atoms with Gasteiger partial charge in [0.25, 0.3) is 5.69 Å². The lowest BCUT2D eigenvalue weighted by molar-refractivity contribution is -0.385. The Bertz CT molecular complexity index is 522. The van der Waals surface area contributed by atoms with Crippen molar-refractivity contribution < 1.29 is 14.5 Å². The van der Waals surface area contributed by atoms with Gasteiger partial charge in [0.15, 0.2) is 0 Å². The molecule has 0 saturated heterocycles. The van der Waals surface area contributed by atoms with E-state index in [0.29, 0.717) is 4.47 Å². The van der Waals surface area contributed by atoms with Gasteiger partial charge in [0, 0.05) is 10.5 Å². The van der Waals surface area contributed by atoms with E-state index < -0.39 is 16.6 Å². The quantitative estimate of drug-likeness (QED) is 0.485. The molecule has 0 aliphatic heterocycles. The number of carbonyl (C=O) groups is 1. The fraction of sp³-hybridized carbons (Fsp3) is 0.200. The lowest BCUT2D eigenvalue weighted by atomic mass is 10.1. The molecule has 17 heavy (non-hydrogen) atoms. The van der Waals surface area contributed by atoms with Crippen molar-refractivity contribution in [1.29, 1.82) is 5.26 Å². The minimum absolute atomic E-state index is 0.115. The van der Waals surface area contributed by atoms with Crippen LogP contribution < -0.4 is 0 Å². The topological polar surface area (TPSA) is 93.2 Å². The summed E-state index contributed by atoms with van der Waals surface area (Å²) in [5.74, 6) is -0.756. The maximum Gasteiger partial charge on any atom is 0.339 e. The Morgan fingerprint density at radius 2 is 2.29 bits per heavy atom. The molecule has 6 nitrogen and oxygen atoms in total. The SMILES string of the molecule is CCOC(=O)c1cc(Br)cc([N+](=O)[O-])c1C#N. The summed E-state index contributed by atoms with van der Waals surface area (Å²) in [5.41, 5.74) is -0.836. The Morgan fingerprint density at radius 3 is 2.76 bits per heavy atom. The van der Waals surface area contributed by atoms with Gasteiger partial charge in [-0.05, 0) is 13.0 Å². The highest BCUT2D eigenvalue weighted by atomic mass is 79.9. The van der Waals surface area contributed by atoms with Gasteiger partial charge >= 0.3 is 5.97 Å². The molecule has 0 amide bonds. The average Bonchev–Trinajstić information content (AvgIpc) is 2.28. The van der Waals surface area contributed by atoms with E-state index in [2.05, 4.69) is 15.9 Å². The van der Waals surface area contributed by atoms with Crippen LogP contribution in [0.4, 0.5) is 5.69 Å². The molecule has 0 atom stereocenters. The van der Waals surface area contributed by atoms with E-state index >= 15 is 0 Å². The second kappa shape index (κ2) is 5.41. The van der Waals surface area contributed by atoms with Gasteiger partial charge in [-0.3, -0.25) is 10.1 Å². The molecule has 7 heteroatoms. The molecule has 0 heterocycles. The summed E-state index contributed by atoms with van der Waals surface area (Å²) in [6.45, 7) is 1.74. The third kappa shape index (κ3) is 2.79. The van der Waals surface area contributed by atoms with Crippen molar-refractivity contribution in [1.82, 2.24) is 0 Å². The van der Waals surface area contributed by atoms with E-state index in [9.17, 15) is 14.9 Å². The number of benzene rings is 1. The number of hydrogen-bond donors (Lipinski definition) is 0. The smallest absolute Gasteiger partial charge is 0.339 e. The maximum atomic E-state index is 11.5. The van der Waals surface area contributed by atoms with Gasteiger partial charge in [0.05, 0.1) is 17.1 Å². The molecule has 1 aromatic carbocycles. The van der Waals surface area contributed by atoms with E-state index in [1.165, 1.54) is 12.1 Å². The van der Waals surface area contributed by atoms with Crippen LogP contribution in [0.5, 0.6) is 0 Å². The van der Waals surface area contributed by atoms with Gasteiger partial charge < -0.3 is 4.74 Å². The first-order valence-electron chi connectivity index (χ1n) is 4.56. The molecule has 0 aliphatic rings. The largest absolute Gasteiger partial charge is 0.462 e. The summed E-state index contributed by atoms with van der Waals surface area (Å²) in [6, 6.07) is 4.14. The molecular formula is C10H7BrN2O4. The number of nitro benzene ring substituents is 1. The van der Waals surface area contributed by atoms with Crippen LogP contribution in [0.25, 0.3) is 0 Å². The first kappa shape index (κ1) is 13.1. The van der Waals surface area contributed by atoms with E-state index in [1.807, 2.05) is 0 Å². The summed E-state index contributed by atoms with van der Waals surface area (Å²) < 4.78 is 5.07. The molecule has 0 fully saturated rings. The van der Waals surface area contributed by atoms with Crippen molar-refractivity contribution in [2.24, 2.45) is 0 Å². The zero-order valence-corrected chi connectivity index (χ0v) is 10.4. The van der Waals surface area contributed by atoms with Gasteiger partial charge in [-0.25, -0.2) is 4.79 Å². The third-order valence-corrected chi connectivity index (χ3v) is 2.34. The highest BCUT2D eigenvalue weighted by Crippen LogP contribution is 2.27. The number of ether oxygens (including phenoxy) is 1. The average molecular weight is 299 g/mol. The second-order valence-electron chi connectivity index (χ2n) is 2.94. The lowest BCUT2D eigenvalue weighted by Crippen LogP contribution is -2.08. The number of rotatable bonds is 3. The second-order valence-corrected chi connectivity index (χ2v) is 3.85. The maximum absolute atomic E-state index is 11.5. The Kier molecular flexibility index (Phi) is 4.17. The van der Waals surface area contributed by atoms with Crippen molar-refractivity contribution in [3.63, 3.8) is 0 Å². The minimum Gasteiger partial charge on any atom is -0.462 e. The molecule has 0 unspecified atom stereocenters. The first-order valence-corrected chi connectivity index (χ1v) is 5.35. The summed E-state index contributed by atoms with van der Waals surface area (Å²) in [4.78, 5) is 21.6. The highest BCUT2D eigenvalue weighted by Gasteiger charge is 2.23. The predicted octanol–water partition coefficient (Wildman–Crippen LogP) is 2.41. The zero-order valence-electron chi connectivity index (χ0n) is 8.77. The van der Waals surface area contributed by atoms with Gasteiger partial charge in [-0.2, -0.15) is 5.26 Å². The predicted molar refractivity (Wildman–Crippen MR) is 61.5 cm³/mol. The molecule has 0 radical (unpaired) electrons. The van der Waals surface area contributed by atoms with Crippen molar-refractivity contribution in [3.8, 4) is 6.07 Å². The molecule has 0 bridgehead atoms. The molecule has 88 valence electrons. The molecule has 1 aromatic rings. The van der Waals surface area contributed by atoms with Crippen molar-refractivity contribution in [3.05, 3.63) is 37.8 Å². The summed E-state index contributed by atoms with van der Waals surface area (Å²) in [5, 5.41) is 19.6. The third-order valence-electron chi connectivity index (χ3n) is 1.89. The molecule has 0 spiro atoms. The van der Waals surface area contributed by atoms with Crippen LogP contribution in [0, 0.1) is 21.4 Å². The Labute approximate surface area is 105 Å². The number of carbonyl (C=O) groups excluding carboxylic acids is 1. The monoisotopic (exact) mass is 298 g/mol. The number of nitrogens with zero attached hydrogens (tertiary/aromatic N) is 2. The normalized spacial score (nSPS) is 9.47. The summed E-state index contributed by atoms with van der Waals surface area (Å²) in [6.07, 6.45) is 0. The lowest BCUT2D eigenvalue weighted by Gasteiger charge is -2.05. The van der Waals surface area contributed by atoms with Crippen LogP contribution in [-0.2, 0) is 4.74 Å². The van der Waals surface area contributed by atoms with Crippen LogP contribution in [0.15, 0.2) is 16.6 Å². The van der Waals surface area contributed by atoms with Crippen LogP contribution in [0.1, 0.15) is 22.8 Å². The van der Waals surface area contributed by atoms with E-state index in [-0.39, 0.29) is 17.7 Å². The standard InChI is InChI=1S/C10H7BrN2O4/c1-2-17-10(14)7-3-6(11)4-9(13(15)16)8(7)5-12/h3-4H,2H2,1H3. The molecule has 1 rings (SSSR count). The van der Waals surface area contributed by atoms with Gasteiger partial charge in [-0.1, -0.05) is 15.9 Å². The number of hydrogen-bond acceptors (Lipinski definition) is 5. The summed E-state index contributed by atoms with van der Waals surface area (Å²) >= 11 is 3.04. The zero-order chi connectivity index (χ0) is 13.0. The fourth-order valence-corrected chi connectivity index (χ4v) is 1.67. The van der Waals surface area contributed by atoms with E-state index in [1.54, 1.807) is 13.0 Å². The fourth-order valence-electron chi connectivity index (χ4n) is 1.22. The molecule has 0 N–H and O–H groups in total. The Balaban J connectivity index is 3.45. The van der Waals surface area contributed by atoms with Crippen LogP contribution >= 0.6 is 15.9 Å². The van der Waals surface area contributed by atoms with Gasteiger partial charge in [-0.15, -0.1) is 0 Å². The Morgan fingerprint density at radius 1 is 1.65 bits per heavy atom. The number of nitriles is 1. The van der Waals surface area contributed by atoms with Gasteiger partial charge in [0.2, 0.25) is 0 Å². The first-order chi connectivity index (χ1) is 8.01. The van der Waals surface area contributed by atoms with E-state index in [4.69, 9.17) is 10.00 Å².